The van der Waals surface area contributed by atoms with Gasteiger partial charge in [-0.05, 0) is 19.1 Å². The van der Waals surface area contributed by atoms with Crippen molar-refractivity contribution in [1.82, 2.24) is 0 Å². The van der Waals surface area contributed by atoms with Crippen molar-refractivity contribution in [3.05, 3.63) is 30.3 Å². The van der Waals surface area contributed by atoms with Crippen LogP contribution in [0.3, 0.4) is 0 Å². The summed E-state index contributed by atoms with van der Waals surface area (Å²) in [6, 6.07) is 8.02. The van der Waals surface area contributed by atoms with E-state index >= 15 is 0 Å². The van der Waals surface area contributed by atoms with Crippen LogP contribution in [0.25, 0.3) is 0 Å². The summed E-state index contributed by atoms with van der Waals surface area (Å²) in [5, 5.41) is 0. The first-order valence-electron chi connectivity index (χ1n) is 4.06. The van der Waals surface area contributed by atoms with Crippen molar-refractivity contribution in [3.63, 3.8) is 0 Å². The number of hydrogen-bond donors (Lipinski definition) is 1. The van der Waals surface area contributed by atoms with E-state index in [0.29, 0.717) is 4.90 Å². The van der Waals surface area contributed by atoms with Gasteiger partial charge in [0.25, 0.3) is 0 Å². The van der Waals surface area contributed by atoms with Crippen LogP contribution in [0.2, 0.25) is 0 Å². The molecule has 0 fully saturated rings. The van der Waals surface area contributed by atoms with Crippen LogP contribution in [-0.2, 0) is 9.84 Å². The molecule has 0 bridgehead atoms. The molecule has 0 heterocycles. The van der Waals surface area contributed by atoms with Gasteiger partial charge in [-0.2, -0.15) is 0 Å². The van der Waals surface area contributed by atoms with Crippen molar-refractivity contribution >= 4 is 9.84 Å². The number of hydrogen-bond acceptors (Lipinski definition) is 3. The highest BCUT2D eigenvalue weighted by molar-refractivity contribution is 7.91. The van der Waals surface area contributed by atoms with Crippen molar-refractivity contribution in [2.45, 2.75) is 17.9 Å². The van der Waals surface area contributed by atoms with Gasteiger partial charge in [-0.25, -0.2) is 8.42 Å². The molecular weight excluding hydrogens is 186 g/mol. The lowest BCUT2D eigenvalue weighted by Gasteiger charge is -2.06. The first kappa shape index (κ1) is 10.2. The molecule has 0 spiro atoms. The maximum Gasteiger partial charge on any atom is 0.179 e. The smallest absolute Gasteiger partial charge is 0.179 e. The highest BCUT2D eigenvalue weighted by Crippen LogP contribution is 2.10. The predicted molar refractivity (Wildman–Crippen MR) is 52.1 cm³/mol. The van der Waals surface area contributed by atoms with E-state index in [1.165, 1.54) is 0 Å². The molecule has 1 aromatic rings. The number of nitrogens with two attached hydrogens (primary N) is 1. The van der Waals surface area contributed by atoms with Gasteiger partial charge in [-0.15, -0.1) is 0 Å². The van der Waals surface area contributed by atoms with Crippen LogP contribution in [0, 0.1) is 0 Å². The normalized spacial score (nSPS) is 14.0. The Balaban J connectivity index is 2.96. The molecule has 3 nitrogen and oxygen atoms in total. The van der Waals surface area contributed by atoms with Gasteiger partial charge < -0.3 is 5.73 Å². The lowest BCUT2D eigenvalue weighted by atomic mass is 10.4. The molecular formula is C9H13NO2S. The Morgan fingerprint density at radius 2 is 1.85 bits per heavy atom. The molecule has 1 atom stereocenters. The quantitative estimate of drug-likeness (QED) is 0.783. The molecule has 4 heteroatoms. The average Bonchev–Trinajstić information content (AvgIpc) is 2.04. The molecule has 0 saturated heterocycles. The van der Waals surface area contributed by atoms with Crippen molar-refractivity contribution in [2.75, 3.05) is 5.75 Å². The standard InChI is InChI=1S/C9H13NO2S/c1-8(10)7-13(11,12)9-5-3-2-4-6-9/h2-6,8H,7,10H2,1H3. The van der Waals surface area contributed by atoms with E-state index in [0.717, 1.165) is 0 Å². The molecule has 1 unspecified atom stereocenters. The SMILES string of the molecule is CC(N)CS(=O)(=O)c1ccccc1. The van der Waals surface area contributed by atoms with Gasteiger partial charge in [-0.1, -0.05) is 18.2 Å². The highest BCUT2D eigenvalue weighted by atomic mass is 32.2. The Labute approximate surface area is 78.5 Å². The first-order chi connectivity index (χ1) is 6.02. The summed E-state index contributed by atoms with van der Waals surface area (Å²) in [4.78, 5) is 0.340. The van der Waals surface area contributed by atoms with Crippen molar-refractivity contribution < 1.29 is 8.42 Å². The van der Waals surface area contributed by atoms with Crippen molar-refractivity contribution in [2.24, 2.45) is 5.73 Å². The summed E-state index contributed by atoms with van der Waals surface area (Å²) in [5.41, 5.74) is 5.44. The second-order valence-electron chi connectivity index (χ2n) is 3.07. The van der Waals surface area contributed by atoms with E-state index in [4.69, 9.17) is 5.73 Å². The Morgan fingerprint density at radius 3 is 2.31 bits per heavy atom. The molecule has 1 aromatic carbocycles. The summed E-state index contributed by atoms with van der Waals surface area (Å²) >= 11 is 0. The van der Waals surface area contributed by atoms with E-state index in [9.17, 15) is 8.42 Å². The van der Waals surface area contributed by atoms with Gasteiger partial charge in [-0.3, -0.25) is 0 Å². The monoisotopic (exact) mass is 199 g/mol. The summed E-state index contributed by atoms with van der Waals surface area (Å²) in [5.74, 6) is -0.00296. The van der Waals surface area contributed by atoms with Crippen LogP contribution < -0.4 is 5.73 Å². The zero-order valence-corrected chi connectivity index (χ0v) is 8.29. The summed E-state index contributed by atoms with van der Waals surface area (Å²) in [6.45, 7) is 1.68. The molecule has 0 aliphatic heterocycles. The second kappa shape index (κ2) is 3.89. The van der Waals surface area contributed by atoms with E-state index in [1.807, 2.05) is 0 Å². The summed E-state index contributed by atoms with van der Waals surface area (Å²) < 4.78 is 23.1. The Hall–Kier alpha value is -0.870. The fourth-order valence-electron chi connectivity index (χ4n) is 1.07. The number of benzene rings is 1. The Kier molecular flexibility index (Phi) is 3.06. The summed E-state index contributed by atoms with van der Waals surface area (Å²) in [6.07, 6.45) is 0. The van der Waals surface area contributed by atoms with Gasteiger partial charge in [0.1, 0.15) is 0 Å². The van der Waals surface area contributed by atoms with E-state index in [2.05, 4.69) is 0 Å². The molecule has 0 amide bonds. The minimum atomic E-state index is -3.18. The zero-order chi connectivity index (χ0) is 9.90. The van der Waals surface area contributed by atoms with Gasteiger partial charge >= 0.3 is 0 Å². The van der Waals surface area contributed by atoms with Crippen LogP contribution in [0.1, 0.15) is 6.92 Å². The van der Waals surface area contributed by atoms with Gasteiger partial charge in [0.2, 0.25) is 0 Å². The van der Waals surface area contributed by atoms with Gasteiger partial charge in [0.05, 0.1) is 10.6 Å². The molecule has 1 rings (SSSR count). The van der Waals surface area contributed by atoms with E-state index < -0.39 is 9.84 Å². The Morgan fingerprint density at radius 1 is 1.31 bits per heavy atom. The minimum Gasteiger partial charge on any atom is -0.327 e. The maximum absolute atomic E-state index is 11.6. The fraction of sp³-hybridized carbons (Fsp3) is 0.333. The van der Waals surface area contributed by atoms with Crippen LogP contribution in [0.5, 0.6) is 0 Å². The number of rotatable bonds is 3. The van der Waals surface area contributed by atoms with Crippen LogP contribution in [-0.4, -0.2) is 20.2 Å². The lowest BCUT2D eigenvalue weighted by Crippen LogP contribution is -2.26. The molecule has 2 N–H and O–H groups in total. The molecule has 0 radical (unpaired) electrons. The highest BCUT2D eigenvalue weighted by Gasteiger charge is 2.15. The molecule has 13 heavy (non-hydrogen) atoms. The fourth-order valence-corrected chi connectivity index (χ4v) is 2.53. The van der Waals surface area contributed by atoms with Crippen LogP contribution in [0.4, 0.5) is 0 Å². The number of sulfone groups is 1. The molecule has 72 valence electrons. The zero-order valence-electron chi connectivity index (χ0n) is 7.47. The second-order valence-corrected chi connectivity index (χ2v) is 5.11. The average molecular weight is 199 g/mol. The van der Waals surface area contributed by atoms with Crippen molar-refractivity contribution in [1.29, 1.82) is 0 Å². The van der Waals surface area contributed by atoms with Gasteiger partial charge in [0.15, 0.2) is 9.84 Å². The lowest BCUT2D eigenvalue weighted by molar-refractivity contribution is 0.590. The third-order valence-electron chi connectivity index (χ3n) is 1.58. The molecule has 0 aliphatic carbocycles. The van der Waals surface area contributed by atoms with Gasteiger partial charge in [0, 0.05) is 6.04 Å². The largest absolute Gasteiger partial charge is 0.327 e. The Bertz CT molecular complexity index is 356. The van der Waals surface area contributed by atoms with Crippen molar-refractivity contribution in [3.8, 4) is 0 Å². The predicted octanol–water partition coefficient (Wildman–Crippen LogP) is 0.808. The van der Waals surface area contributed by atoms with E-state index in [-0.39, 0.29) is 11.8 Å². The van der Waals surface area contributed by atoms with Crippen LogP contribution in [0.15, 0.2) is 35.2 Å². The topological polar surface area (TPSA) is 60.2 Å². The van der Waals surface area contributed by atoms with E-state index in [1.54, 1.807) is 37.3 Å². The molecule has 0 aliphatic rings. The summed E-state index contributed by atoms with van der Waals surface area (Å²) in [7, 11) is -3.18. The molecule has 0 aromatic heterocycles. The third kappa shape index (κ3) is 2.82. The minimum absolute atomic E-state index is 0.00296. The molecule has 0 saturated carbocycles. The maximum atomic E-state index is 11.6. The van der Waals surface area contributed by atoms with Crippen LogP contribution >= 0.6 is 0 Å². The third-order valence-corrected chi connectivity index (χ3v) is 3.54. The first-order valence-corrected chi connectivity index (χ1v) is 5.71.